The Balaban J connectivity index is 4.39. The van der Waals surface area contributed by atoms with Crippen LogP contribution in [0.1, 0.15) is 39.0 Å². The summed E-state index contributed by atoms with van der Waals surface area (Å²) < 4.78 is 4.69. The lowest BCUT2D eigenvalue weighted by atomic mass is 9.96. The van der Waals surface area contributed by atoms with Crippen LogP contribution in [-0.4, -0.2) is 37.9 Å². The highest BCUT2D eigenvalue weighted by molar-refractivity contribution is 6.04. The van der Waals surface area contributed by atoms with Gasteiger partial charge in [-0.05, 0) is 12.5 Å². The zero-order valence-corrected chi connectivity index (χ0v) is 11.9. The molecule has 18 heavy (non-hydrogen) atoms. The summed E-state index contributed by atoms with van der Waals surface area (Å²) in [4.78, 5) is 25.2. The number of allylic oxidation sites excluding steroid dienone is 1. The van der Waals surface area contributed by atoms with E-state index in [0.29, 0.717) is 6.42 Å². The van der Waals surface area contributed by atoms with Crippen LogP contribution < -0.4 is 0 Å². The lowest BCUT2D eigenvalue weighted by molar-refractivity contribution is -0.148. The first-order valence-corrected chi connectivity index (χ1v) is 6.49. The summed E-state index contributed by atoms with van der Waals surface area (Å²) in [5.74, 6) is -1.25. The molecule has 0 saturated heterocycles. The van der Waals surface area contributed by atoms with Crippen molar-refractivity contribution < 1.29 is 14.3 Å². The smallest absolute Gasteiger partial charge is 0.316 e. The molecule has 0 N–H and O–H groups in total. The highest BCUT2D eigenvalue weighted by atomic mass is 16.5. The van der Waals surface area contributed by atoms with E-state index in [1.165, 1.54) is 13.2 Å². The molecule has 0 aliphatic heterocycles. The van der Waals surface area contributed by atoms with Crippen LogP contribution in [0, 0.1) is 5.92 Å². The molecule has 0 heterocycles. The van der Waals surface area contributed by atoms with Crippen LogP contribution in [0.15, 0.2) is 12.3 Å². The van der Waals surface area contributed by atoms with Crippen LogP contribution in [0.3, 0.4) is 0 Å². The van der Waals surface area contributed by atoms with Gasteiger partial charge in [0.25, 0.3) is 0 Å². The van der Waals surface area contributed by atoms with Crippen LogP contribution in [-0.2, 0) is 14.3 Å². The molecule has 0 fully saturated rings. The van der Waals surface area contributed by atoms with Gasteiger partial charge in [-0.25, -0.2) is 0 Å². The van der Waals surface area contributed by atoms with Gasteiger partial charge >= 0.3 is 5.97 Å². The van der Waals surface area contributed by atoms with Crippen LogP contribution >= 0.6 is 0 Å². The van der Waals surface area contributed by atoms with Crippen molar-refractivity contribution in [3.05, 3.63) is 12.3 Å². The van der Waals surface area contributed by atoms with Crippen molar-refractivity contribution in [3.8, 4) is 0 Å². The van der Waals surface area contributed by atoms with Crippen LogP contribution in [0.25, 0.3) is 0 Å². The maximum absolute atomic E-state index is 11.9. The number of methoxy groups -OCH3 is 1. The SMILES string of the molecule is CCCCCCC(C(=O)/C=C/N(C)C)C(=O)OC. The largest absolute Gasteiger partial charge is 0.468 e. The minimum absolute atomic E-state index is 0.174. The predicted molar refractivity (Wildman–Crippen MR) is 72.1 cm³/mol. The van der Waals surface area contributed by atoms with E-state index in [1.807, 2.05) is 14.1 Å². The minimum Gasteiger partial charge on any atom is -0.468 e. The summed E-state index contributed by atoms with van der Waals surface area (Å²) in [7, 11) is 4.99. The van der Waals surface area contributed by atoms with E-state index in [4.69, 9.17) is 4.74 Å². The summed E-state index contributed by atoms with van der Waals surface area (Å²) >= 11 is 0. The van der Waals surface area contributed by atoms with Gasteiger partial charge in [-0.3, -0.25) is 9.59 Å². The number of carbonyl (C=O) groups excluding carboxylic acids is 2. The first-order valence-electron chi connectivity index (χ1n) is 6.49. The Morgan fingerprint density at radius 3 is 2.39 bits per heavy atom. The van der Waals surface area contributed by atoms with Crippen molar-refractivity contribution in [2.75, 3.05) is 21.2 Å². The normalized spacial score (nSPS) is 12.4. The molecule has 0 rings (SSSR count). The van der Waals surface area contributed by atoms with E-state index in [2.05, 4.69) is 6.92 Å². The fraction of sp³-hybridized carbons (Fsp3) is 0.714. The van der Waals surface area contributed by atoms with E-state index in [0.717, 1.165) is 25.7 Å². The van der Waals surface area contributed by atoms with E-state index in [1.54, 1.807) is 11.1 Å². The molecule has 0 spiro atoms. The quantitative estimate of drug-likeness (QED) is 0.275. The van der Waals surface area contributed by atoms with Gasteiger partial charge in [-0.2, -0.15) is 0 Å². The van der Waals surface area contributed by atoms with E-state index in [9.17, 15) is 9.59 Å². The zero-order chi connectivity index (χ0) is 14.0. The van der Waals surface area contributed by atoms with Gasteiger partial charge in [0.15, 0.2) is 5.78 Å². The summed E-state index contributed by atoms with van der Waals surface area (Å²) in [5.41, 5.74) is 0. The second-order valence-corrected chi connectivity index (χ2v) is 4.61. The molecule has 1 unspecified atom stereocenters. The first kappa shape index (κ1) is 16.7. The van der Waals surface area contributed by atoms with E-state index < -0.39 is 11.9 Å². The van der Waals surface area contributed by atoms with Gasteiger partial charge in [-0.1, -0.05) is 32.6 Å². The molecule has 4 heteroatoms. The molecule has 1 atom stereocenters. The van der Waals surface area contributed by atoms with Crippen molar-refractivity contribution >= 4 is 11.8 Å². The maximum atomic E-state index is 11.9. The second-order valence-electron chi connectivity index (χ2n) is 4.61. The van der Waals surface area contributed by atoms with Crippen molar-refractivity contribution in [1.29, 1.82) is 0 Å². The third-order valence-electron chi connectivity index (χ3n) is 2.71. The van der Waals surface area contributed by atoms with Crippen molar-refractivity contribution in [1.82, 2.24) is 4.90 Å². The monoisotopic (exact) mass is 255 g/mol. The Kier molecular flexibility index (Phi) is 8.97. The molecule has 0 aromatic heterocycles. The van der Waals surface area contributed by atoms with Gasteiger partial charge in [0.1, 0.15) is 5.92 Å². The third kappa shape index (κ3) is 7.09. The van der Waals surface area contributed by atoms with Crippen molar-refractivity contribution in [3.63, 3.8) is 0 Å². The fourth-order valence-corrected chi connectivity index (χ4v) is 1.63. The maximum Gasteiger partial charge on any atom is 0.316 e. The Morgan fingerprint density at radius 2 is 1.89 bits per heavy atom. The molecule has 4 nitrogen and oxygen atoms in total. The Bertz CT molecular complexity index is 285. The van der Waals surface area contributed by atoms with E-state index in [-0.39, 0.29) is 5.78 Å². The molecule has 104 valence electrons. The second kappa shape index (κ2) is 9.68. The first-order chi connectivity index (χ1) is 8.52. The average molecular weight is 255 g/mol. The number of rotatable bonds is 9. The van der Waals surface area contributed by atoms with Crippen LogP contribution in [0.2, 0.25) is 0 Å². The molecule has 0 saturated carbocycles. The summed E-state index contributed by atoms with van der Waals surface area (Å²) in [6, 6.07) is 0. The van der Waals surface area contributed by atoms with Crippen LogP contribution in [0.5, 0.6) is 0 Å². The number of ether oxygens (including phenoxy) is 1. The number of unbranched alkanes of at least 4 members (excludes halogenated alkanes) is 3. The molecule has 0 amide bonds. The van der Waals surface area contributed by atoms with E-state index >= 15 is 0 Å². The standard InChI is InChI=1S/C14H25NO3/c1-5-6-7-8-9-12(14(17)18-4)13(16)10-11-15(2)3/h10-12H,5-9H2,1-4H3/b11-10+. The number of hydrogen-bond acceptors (Lipinski definition) is 4. The van der Waals surface area contributed by atoms with Gasteiger partial charge in [-0.15, -0.1) is 0 Å². The topological polar surface area (TPSA) is 46.6 Å². The highest BCUT2D eigenvalue weighted by Gasteiger charge is 2.24. The summed E-state index contributed by atoms with van der Waals surface area (Å²) in [5, 5.41) is 0. The Labute approximate surface area is 110 Å². The minimum atomic E-state index is -0.650. The Hall–Kier alpha value is -1.32. The number of ketones is 1. The molecule has 0 aromatic rings. The lowest BCUT2D eigenvalue weighted by Crippen LogP contribution is -2.24. The molecular formula is C14H25NO3. The number of esters is 1. The molecule has 0 aliphatic carbocycles. The highest BCUT2D eigenvalue weighted by Crippen LogP contribution is 2.14. The van der Waals surface area contributed by atoms with Crippen LogP contribution in [0.4, 0.5) is 0 Å². The van der Waals surface area contributed by atoms with Gasteiger partial charge < -0.3 is 9.64 Å². The third-order valence-corrected chi connectivity index (χ3v) is 2.71. The lowest BCUT2D eigenvalue weighted by Gasteiger charge is -2.12. The number of hydrogen-bond donors (Lipinski definition) is 0. The molecule has 0 aromatic carbocycles. The fourth-order valence-electron chi connectivity index (χ4n) is 1.63. The van der Waals surface area contributed by atoms with Gasteiger partial charge in [0, 0.05) is 20.3 Å². The number of nitrogens with zero attached hydrogens (tertiary/aromatic N) is 1. The molecule has 0 aliphatic rings. The average Bonchev–Trinajstić information content (AvgIpc) is 2.35. The van der Waals surface area contributed by atoms with Crippen molar-refractivity contribution in [2.24, 2.45) is 5.92 Å². The molecule has 0 bridgehead atoms. The molecule has 0 radical (unpaired) electrons. The van der Waals surface area contributed by atoms with Crippen molar-refractivity contribution in [2.45, 2.75) is 39.0 Å². The number of carbonyl (C=O) groups is 2. The van der Waals surface area contributed by atoms with Gasteiger partial charge in [0.05, 0.1) is 7.11 Å². The summed E-state index contributed by atoms with van der Waals surface area (Å²) in [6.07, 6.45) is 7.88. The Morgan fingerprint density at radius 1 is 1.22 bits per heavy atom. The molecular weight excluding hydrogens is 230 g/mol. The van der Waals surface area contributed by atoms with Gasteiger partial charge in [0.2, 0.25) is 0 Å². The summed E-state index contributed by atoms with van der Waals surface area (Å²) in [6.45, 7) is 2.13. The zero-order valence-electron chi connectivity index (χ0n) is 11.9. The predicted octanol–water partition coefficient (Wildman–Crippen LogP) is 2.39.